The summed E-state index contributed by atoms with van der Waals surface area (Å²) in [4.78, 5) is 20.1. The van der Waals surface area contributed by atoms with Crippen molar-refractivity contribution < 1.29 is 9.53 Å². The van der Waals surface area contributed by atoms with Gasteiger partial charge in [0.25, 0.3) is 0 Å². The Kier molecular flexibility index (Phi) is 7.50. The fourth-order valence-corrected chi connectivity index (χ4v) is 5.54. The summed E-state index contributed by atoms with van der Waals surface area (Å²) < 4.78 is 4.96. The fraction of sp³-hybridized carbons (Fsp3) is 0.344. The van der Waals surface area contributed by atoms with Gasteiger partial charge in [-0.15, -0.1) is 0 Å². The molecule has 1 N–H and O–H groups in total. The Labute approximate surface area is 220 Å². The molecule has 3 aromatic carbocycles. The molecule has 0 radical (unpaired) electrons. The van der Waals surface area contributed by atoms with E-state index < -0.39 is 0 Å². The molecule has 1 aromatic heterocycles. The number of nitrogens with one attached hydrogen (secondary N) is 1. The van der Waals surface area contributed by atoms with Crippen LogP contribution in [-0.4, -0.2) is 38.7 Å². The van der Waals surface area contributed by atoms with E-state index in [1.165, 1.54) is 61.6 Å². The van der Waals surface area contributed by atoms with Crippen molar-refractivity contribution in [2.45, 2.75) is 38.6 Å². The number of methoxy groups -OCH3 is 1. The topological polar surface area (TPSA) is 48.6 Å². The first-order chi connectivity index (χ1) is 18.0. The normalized spacial score (nSPS) is 14.0. The van der Waals surface area contributed by atoms with Gasteiger partial charge < -0.3 is 19.5 Å². The van der Waals surface area contributed by atoms with Gasteiger partial charge in [-0.1, -0.05) is 61.7 Å². The lowest BCUT2D eigenvalue weighted by Gasteiger charge is -2.32. The number of aromatic amines is 1. The number of carbonyl (C=O) groups is 1. The Morgan fingerprint density at radius 1 is 0.919 bits per heavy atom. The number of H-pyrrole nitrogens is 1. The lowest BCUT2D eigenvalue weighted by molar-refractivity contribution is 0.0595. The maximum absolute atomic E-state index is 12.2. The molecule has 5 nitrogen and oxygen atoms in total. The highest BCUT2D eigenvalue weighted by molar-refractivity contribution is 6.00. The number of carbonyl (C=O) groups excluding carboxylic acids is 1. The van der Waals surface area contributed by atoms with E-state index in [1.807, 2.05) is 12.1 Å². The largest absolute Gasteiger partial charge is 0.464 e. The number of hydrogen-bond donors (Lipinski definition) is 1. The molecule has 37 heavy (non-hydrogen) atoms. The van der Waals surface area contributed by atoms with Gasteiger partial charge in [-0.05, 0) is 65.8 Å². The van der Waals surface area contributed by atoms with Crippen molar-refractivity contribution in [2.75, 3.05) is 37.5 Å². The Morgan fingerprint density at radius 2 is 1.59 bits per heavy atom. The van der Waals surface area contributed by atoms with E-state index in [0.29, 0.717) is 11.6 Å². The highest BCUT2D eigenvalue weighted by Gasteiger charge is 2.21. The number of benzene rings is 3. The third-order valence-corrected chi connectivity index (χ3v) is 7.63. The first kappa shape index (κ1) is 24.9. The molecule has 1 aliphatic carbocycles. The van der Waals surface area contributed by atoms with Crippen LogP contribution in [0.3, 0.4) is 0 Å². The predicted octanol–water partition coefficient (Wildman–Crippen LogP) is 7.27. The van der Waals surface area contributed by atoms with E-state index in [4.69, 9.17) is 4.74 Å². The zero-order valence-corrected chi connectivity index (χ0v) is 22.2. The third kappa shape index (κ3) is 5.66. The van der Waals surface area contributed by atoms with Crippen molar-refractivity contribution in [3.8, 4) is 11.1 Å². The quantitative estimate of drug-likeness (QED) is 0.261. The summed E-state index contributed by atoms with van der Waals surface area (Å²) in [5.74, 6) is 0.354. The average Bonchev–Trinajstić information content (AvgIpc) is 3.38. The number of esters is 1. The Balaban J connectivity index is 1.43. The minimum absolute atomic E-state index is 0.338. The highest BCUT2D eigenvalue weighted by atomic mass is 16.5. The molecule has 1 heterocycles. The van der Waals surface area contributed by atoms with Crippen LogP contribution in [0.5, 0.6) is 0 Å². The summed E-state index contributed by atoms with van der Waals surface area (Å²) in [6.45, 7) is 1.85. The van der Waals surface area contributed by atoms with Crippen molar-refractivity contribution >= 4 is 28.2 Å². The summed E-state index contributed by atoms with van der Waals surface area (Å²) in [6, 6.07) is 25.9. The van der Waals surface area contributed by atoms with E-state index >= 15 is 0 Å². The fourth-order valence-electron chi connectivity index (χ4n) is 5.54. The second-order valence-electron chi connectivity index (χ2n) is 10.4. The molecule has 0 aliphatic heterocycles. The van der Waals surface area contributed by atoms with Crippen LogP contribution in [0.4, 0.5) is 11.4 Å². The van der Waals surface area contributed by atoms with Gasteiger partial charge in [0, 0.05) is 49.5 Å². The maximum atomic E-state index is 12.2. The van der Waals surface area contributed by atoms with Gasteiger partial charge in [0.15, 0.2) is 0 Å². The molecule has 4 aromatic rings. The smallest absolute Gasteiger partial charge is 0.354 e. The van der Waals surface area contributed by atoms with E-state index in [-0.39, 0.29) is 5.97 Å². The second kappa shape index (κ2) is 11.1. The molecule has 0 unspecified atom stereocenters. The Morgan fingerprint density at radius 3 is 2.24 bits per heavy atom. The van der Waals surface area contributed by atoms with E-state index in [9.17, 15) is 4.79 Å². The molecule has 5 rings (SSSR count). The predicted molar refractivity (Wildman–Crippen MR) is 153 cm³/mol. The van der Waals surface area contributed by atoms with Crippen LogP contribution < -0.4 is 9.80 Å². The van der Waals surface area contributed by atoms with Crippen LogP contribution in [-0.2, 0) is 11.3 Å². The summed E-state index contributed by atoms with van der Waals surface area (Å²) >= 11 is 0. The van der Waals surface area contributed by atoms with Crippen molar-refractivity contribution in [3.63, 3.8) is 0 Å². The second-order valence-corrected chi connectivity index (χ2v) is 10.4. The van der Waals surface area contributed by atoms with Crippen molar-refractivity contribution in [1.82, 2.24) is 4.98 Å². The first-order valence-electron chi connectivity index (χ1n) is 13.3. The van der Waals surface area contributed by atoms with Crippen molar-refractivity contribution in [3.05, 3.63) is 84.1 Å². The molecular formula is C32H37N3O2. The summed E-state index contributed by atoms with van der Waals surface area (Å²) in [5.41, 5.74) is 7.55. The standard InChI is InChI=1S/C32H37N3O2/c1-34(2)27-18-16-26(17-19-27)25-14-12-24(13-15-25)22-35(21-23-8-5-4-6-9-23)31-11-7-10-29-28(31)20-30(33-29)32(36)37-3/h7,10-20,23,33H,4-6,8-9,21-22H2,1-3H3. The molecule has 5 heteroatoms. The number of anilines is 2. The Hall–Kier alpha value is -3.73. The number of fused-ring (bicyclic) bond motifs is 1. The zero-order valence-electron chi connectivity index (χ0n) is 22.2. The highest BCUT2D eigenvalue weighted by Crippen LogP contribution is 2.33. The maximum Gasteiger partial charge on any atom is 0.354 e. The van der Waals surface area contributed by atoms with Crippen LogP contribution in [0, 0.1) is 5.92 Å². The third-order valence-electron chi connectivity index (χ3n) is 7.63. The monoisotopic (exact) mass is 495 g/mol. The average molecular weight is 496 g/mol. The van der Waals surface area contributed by atoms with Gasteiger partial charge in [0.05, 0.1) is 7.11 Å². The number of aromatic nitrogens is 1. The number of rotatable bonds is 8. The van der Waals surface area contributed by atoms with Crippen LogP contribution in [0.2, 0.25) is 0 Å². The van der Waals surface area contributed by atoms with Crippen molar-refractivity contribution in [2.24, 2.45) is 5.92 Å². The van der Waals surface area contributed by atoms with Gasteiger partial charge >= 0.3 is 5.97 Å². The lowest BCUT2D eigenvalue weighted by atomic mass is 9.88. The zero-order chi connectivity index (χ0) is 25.8. The number of ether oxygens (including phenoxy) is 1. The van der Waals surface area contributed by atoms with Gasteiger partial charge in [-0.25, -0.2) is 4.79 Å². The first-order valence-corrected chi connectivity index (χ1v) is 13.3. The molecule has 0 saturated heterocycles. The minimum Gasteiger partial charge on any atom is -0.464 e. The van der Waals surface area contributed by atoms with Gasteiger partial charge in [-0.2, -0.15) is 0 Å². The van der Waals surface area contributed by atoms with E-state index in [2.05, 4.69) is 89.5 Å². The molecule has 1 aliphatic rings. The van der Waals surface area contributed by atoms with Crippen LogP contribution in [0.1, 0.15) is 48.2 Å². The number of nitrogens with zero attached hydrogens (tertiary/aromatic N) is 2. The SMILES string of the molecule is COC(=O)c1cc2c(N(Cc3ccc(-c4ccc(N(C)C)cc4)cc3)CC3CCCCC3)cccc2[nH]1. The summed E-state index contributed by atoms with van der Waals surface area (Å²) in [7, 11) is 5.55. The molecule has 0 bridgehead atoms. The van der Waals surface area contributed by atoms with E-state index in [0.717, 1.165) is 29.7 Å². The van der Waals surface area contributed by atoms with Gasteiger partial charge in [0.1, 0.15) is 5.69 Å². The van der Waals surface area contributed by atoms with Gasteiger partial charge in [-0.3, -0.25) is 0 Å². The van der Waals surface area contributed by atoms with E-state index in [1.54, 1.807) is 0 Å². The molecular weight excluding hydrogens is 458 g/mol. The molecule has 1 saturated carbocycles. The van der Waals surface area contributed by atoms with Crippen LogP contribution in [0.25, 0.3) is 22.0 Å². The van der Waals surface area contributed by atoms with Gasteiger partial charge in [0.2, 0.25) is 0 Å². The van der Waals surface area contributed by atoms with Crippen LogP contribution >= 0.6 is 0 Å². The molecule has 192 valence electrons. The van der Waals surface area contributed by atoms with Crippen LogP contribution in [0.15, 0.2) is 72.8 Å². The summed E-state index contributed by atoms with van der Waals surface area (Å²) in [6.07, 6.45) is 6.56. The number of hydrogen-bond acceptors (Lipinski definition) is 4. The molecule has 0 amide bonds. The minimum atomic E-state index is -0.338. The van der Waals surface area contributed by atoms with Crippen molar-refractivity contribution in [1.29, 1.82) is 0 Å². The summed E-state index contributed by atoms with van der Waals surface area (Å²) in [5, 5.41) is 1.07. The lowest BCUT2D eigenvalue weighted by Crippen LogP contribution is -2.30. The Bertz CT molecular complexity index is 1330. The molecule has 1 fully saturated rings. The molecule has 0 atom stereocenters. The molecule has 0 spiro atoms.